The van der Waals surface area contributed by atoms with Crippen LogP contribution in [0.5, 0.6) is 0 Å². The van der Waals surface area contributed by atoms with Gasteiger partial charge in [0.15, 0.2) is 5.78 Å². The van der Waals surface area contributed by atoms with Gasteiger partial charge in [-0.1, -0.05) is 0 Å². The summed E-state index contributed by atoms with van der Waals surface area (Å²) in [6.07, 6.45) is 0.147. The summed E-state index contributed by atoms with van der Waals surface area (Å²) in [4.78, 5) is 11.6. The van der Waals surface area contributed by atoms with Crippen LogP contribution in [0.2, 0.25) is 0 Å². The monoisotopic (exact) mass is 234 g/mol. The van der Waals surface area contributed by atoms with Crippen molar-refractivity contribution in [3.8, 4) is 0 Å². The highest BCUT2D eigenvalue weighted by atomic mass is 35.5. The van der Waals surface area contributed by atoms with Crippen LogP contribution in [0.4, 0.5) is 0 Å². The van der Waals surface area contributed by atoms with Gasteiger partial charge in [-0.15, -0.1) is 11.6 Å². The smallest absolute Gasteiger partial charge is 0.166 e. The van der Waals surface area contributed by atoms with Crippen molar-refractivity contribution >= 4 is 17.4 Å². The number of hydrogen-bond acceptors (Lipinski definition) is 4. The first-order valence-corrected chi connectivity index (χ1v) is 5.46. The van der Waals surface area contributed by atoms with Gasteiger partial charge in [0.05, 0.1) is 29.6 Å². The normalized spacial score (nSPS) is 45.5. The Morgan fingerprint density at radius 1 is 1.33 bits per heavy atom. The van der Waals surface area contributed by atoms with Crippen LogP contribution in [-0.2, 0) is 19.0 Å². The Balaban J connectivity index is 2.19. The summed E-state index contributed by atoms with van der Waals surface area (Å²) in [7, 11) is 3.22. The SMILES string of the molecule is COC1CC(OC)C2C(=O)COC2C1Cl. The van der Waals surface area contributed by atoms with E-state index in [0.29, 0.717) is 6.42 Å². The second-order valence-corrected chi connectivity index (χ2v) is 4.50. The Morgan fingerprint density at radius 3 is 2.60 bits per heavy atom. The Hall–Kier alpha value is -0.160. The number of ether oxygens (including phenoxy) is 3. The van der Waals surface area contributed by atoms with Crippen LogP contribution in [0.1, 0.15) is 6.42 Å². The van der Waals surface area contributed by atoms with E-state index < -0.39 is 0 Å². The molecule has 15 heavy (non-hydrogen) atoms. The van der Waals surface area contributed by atoms with E-state index in [1.54, 1.807) is 14.2 Å². The number of ketones is 1. The van der Waals surface area contributed by atoms with Crippen LogP contribution in [0, 0.1) is 5.92 Å². The number of halogens is 1. The molecule has 0 aromatic rings. The standard InChI is InChI=1S/C10H15ClO4/c1-13-6-3-7(14-2)9(11)10-8(6)5(12)4-15-10/h6-10H,3-4H2,1-2H3. The second kappa shape index (κ2) is 4.37. The van der Waals surface area contributed by atoms with Gasteiger partial charge in [0.2, 0.25) is 0 Å². The Bertz CT molecular complexity index is 258. The lowest BCUT2D eigenvalue weighted by molar-refractivity contribution is -0.127. The lowest BCUT2D eigenvalue weighted by Crippen LogP contribution is -2.51. The highest BCUT2D eigenvalue weighted by molar-refractivity contribution is 6.22. The number of carbonyl (C=O) groups excluding carboxylic acids is 1. The highest BCUT2D eigenvalue weighted by Crippen LogP contribution is 2.37. The zero-order valence-corrected chi connectivity index (χ0v) is 9.57. The Morgan fingerprint density at radius 2 is 2.00 bits per heavy atom. The van der Waals surface area contributed by atoms with Crippen molar-refractivity contribution < 1.29 is 19.0 Å². The number of Topliss-reactive ketones (excluding diaryl/α,β-unsaturated/α-hetero) is 1. The van der Waals surface area contributed by atoms with E-state index in [9.17, 15) is 4.79 Å². The molecule has 0 N–H and O–H groups in total. The minimum Gasteiger partial charge on any atom is -0.380 e. The molecule has 0 aromatic carbocycles. The van der Waals surface area contributed by atoms with Crippen molar-refractivity contribution in [3.05, 3.63) is 0 Å². The zero-order valence-electron chi connectivity index (χ0n) is 8.81. The molecule has 0 bridgehead atoms. The first-order valence-electron chi connectivity index (χ1n) is 5.03. The molecule has 0 spiro atoms. The maximum atomic E-state index is 11.6. The van der Waals surface area contributed by atoms with E-state index in [2.05, 4.69) is 0 Å². The largest absolute Gasteiger partial charge is 0.380 e. The van der Waals surface area contributed by atoms with Crippen LogP contribution in [0.3, 0.4) is 0 Å². The molecule has 86 valence electrons. The molecule has 1 saturated carbocycles. The van der Waals surface area contributed by atoms with E-state index in [1.165, 1.54) is 0 Å². The molecule has 0 radical (unpaired) electrons. The maximum absolute atomic E-state index is 11.6. The predicted octanol–water partition coefficient (Wildman–Crippen LogP) is 0.612. The molecular formula is C10H15ClO4. The number of rotatable bonds is 2. The van der Waals surface area contributed by atoms with Gasteiger partial charge in [0.25, 0.3) is 0 Å². The summed E-state index contributed by atoms with van der Waals surface area (Å²) < 4.78 is 16.0. The molecule has 1 aliphatic heterocycles. The quantitative estimate of drug-likeness (QED) is 0.657. The summed E-state index contributed by atoms with van der Waals surface area (Å²) in [5.74, 6) is -0.129. The van der Waals surface area contributed by atoms with Gasteiger partial charge in [0, 0.05) is 20.6 Å². The molecule has 0 amide bonds. The zero-order chi connectivity index (χ0) is 11.0. The van der Waals surface area contributed by atoms with Crippen molar-refractivity contribution in [3.63, 3.8) is 0 Å². The lowest BCUT2D eigenvalue weighted by atomic mass is 9.81. The first kappa shape index (κ1) is 11.3. The average molecular weight is 235 g/mol. The molecule has 1 heterocycles. The fraction of sp³-hybridized carbons (Fsp3) is 0.900. The van der Waals surface area contributed by atoms with Crippen LogP contribution < -0.4 is 0 Å². The number of alkyl halides is 1. The molecule has 2 fully saturated rings. The number of methoxy groups -OCH3 is 2. The van der Waals surface area contributed by atoms with Crippen LogP contribution in [0.15, 0.2) is 0 Å². The summed E-state index contributed by atoms with van der Waals surface area (Å²) in [5, 5.41) is -0.266. The van der Waals surface area contributed by atoms with E-state index in [4.69, 9.17) is 25.8 Å². The summed E-state index contributed by atoms with van der Waals surface area (Å²) in [6.45, 7) is 0.148. The average Bonchev–Trinajstić information content (AvgIpc) is 2.63. The van der Waals surface area contributed by atoms with Gasteiger partial charge < -0.3 is 14.2 Å². The summed E-state index contributed by atoms with van der Waals surface area (Å²) in [6, 6.07) is 0. The first-order chi connectivity index (χ1) is 7.19. The molecule has 1 aliphatic carbocycles. The van der Waals surface area contributed by atoms with Gasteiger partial charge >= 0.3 is 0 Å². The predicted molar refractivity (Wildman–Crippen MR) is 54.1 cm³/mol. The van der Waals surface area contributed by atoms with Gasteiger partial charge in [-0.2, -0.15) is 0 Å². The van der Waals surface area contributed by atoms with E-state index in [1.807, 2.05) is 0 Å². The van der Waals surface area contributed by atoms with E-state index >= 15 is 0 Å². The third-order valence-electron chi connectivity index (χ3n) is 3.28. The van der Waals surface area contributed by atoms with Crippen molar-refractivity contribution in [1.29, 1.82) is 0 Å². The van der Waals surface area contributed by atoms with Crippen molar-refractivity contribution in [2.75, 3.05) is 20.8 Å². The Kier molecular flexibility index (Phi) is 3.30. The van der Waals surface area contributed by atoms with Gasteiger partial charge in [-0.05, 0) is 0 Å². The van der Waals surface area contributed by atoms with Gasteiger partial charge in [0.1, 0.15) is 6.61 Å². The molecule has 1 saturated heterocycles. The minimum atomic E-state index is -0.266. The third kappa shape index (κ3) is 1.80. The number of fused-ring (bicyclic) bond motifs is 1. The molecular weight excluding hydrogens is 220 g/mol. The van der Waals surface area contributed by atoms with Crippen LogP contribution in [0.25, 0.3) is 0 Å². The number of carbonyl (C=O) groups is 1. The molecule has 4 nitrogen and oxygen atoms in total. The van der Waals surface area contributed by atoms with Crippen LogP contribution in [-0.4, -0.2) is 50.3 Å². The maximum Gasteiger partial charge on any atom is 0.166 e. The molecule has 0 aromatic heterocycles. The van der Waals surface area contributed by atoms with E-state index in [-0.39, 0.29) is 42.0 Å². The van der Waals surface area contributed by atoms with Gasteiger partial charge in [-0.3, -0.25) is 4.79 Å². The Labute approximate surface area is 93.8 Å². The van der Waals surface area contributed by atoms with Crippen molar-refractivity contribution in [1.82, 2.24) is 0 Å². The van der Waals surface area contributed by atoms with Crippen LogP contribution >= 0.6 is 11.6 Å². The fourth-order valence-electron chi connectivity index (χ4n) is 2.46. The topological polar surface area (TPSA) is 44.8 Å². The molecule has 5 unspecified atom stereocenters. The van der Waals surface area contributed by atoms with Crippen molar-refractivity contribution in [2.24, 2.45) is 5.92 Å². The lowest BCUT2D eigenvalue weighted by Gasteiger charge is -2.38. The summed E-state index contributed by atoms with van der Waals surface area (Å²) in [5.41, 5.74) is 0. The van der Waals surface area contributed by atoms with Crippen molar-refractivity contribution in [2.45, 2.75) is 30.1 Å². The molecule has 2 rings (SSSR count). The highest BCUT2D eigenvalue weighted by Gasteiger charge is 2.51. The molecule has 5 atom stereocenters. The minimum absolute atomic E-state index is 0.0899. The summed E-state index contributed by atoms with van der Waals surface area (Å²) >= 11 is 6.21. The number of hydrogen-bond donors (Lipinski definition) is 0. The molecule has 5 heteroatoms. The fourth-order valence-corrected chi connectivity index (χ4v) is 2.89. The van der Waals surface area contributed by atoms with E-state index in [0.717, 1.165) is 0 Å². The second-order valence-electron chi connectivity index (χ2n) is 4.00. The third-order valence-corrected chi connectivity index (χ3v) is 3.81. The molecule has 2 aliphatic rings. The van der Waals surface area contributed by atoms with Gasteiger partial charge in [-0.25, -0.2) is 0 Å².